The quantitative estimate of drug-likeness (QED) is 0.590. The molecule has 0 N–H and O–H groups in total. The van der Waals surface area contributed by atoms with Gasteiger partial charge in [-0.15, -0.1) is 0 Å². The Bertz CT molecular complexity index is 532. The topological polar surface area (TPSA) is 55.8 Å². The van der Waals surface area contributed by atoms with E-state index in [1.54, 1.807) is 0 Å². The standard InChI is InChI=1S/C13H14Cl3NO4S/c1-20-11(18)10-5-17(12(19)21-7-13(14,15)16)4-9(10)8-2-3-22-6-8/h2-3,6,9-10H,4-5,7H2,1H3. The number of hydrogen-bond acceptors (Lipinski definition) is 5. The van der Waals surface area contributed by atoms with E-state index >= 15 is 0 Å². The highest BCUT2D eigenvalue weighted by molar-refractivity contribution is 7.08. The van der Waals surface area contributed by atoms with E-state index in [1.807, 2.05) is 16.8 Å². The molecule has 9 heteroatoms. The van der Waals surface area contributed by atoms with Crippen LogP contribution < -0.4 is 0 Å². The lowest BCUT2D eigenvalue weighted by Crippen LogP contribution is -2.32. The molecule has 2 rings (SSSR count). The third-order valence-corrected chi connectivity index (χ3v) is 4.44. The van der Waals surface area contributed by atoms with Crippen LogP contribution in [-0.2, 0) is 14.3 Å². The fourth-order valence-electron chi connectivity index (χ4n) is 2.40. The molecule has 5 nitrogen and oxygen atoms in total. The van der Waals surface area contributed by atoms with Gasteiger partial charge in [0.2, 0.25) is 3.79 Å². The van der Waals surface area contributed by atoms with E-state index in [4.69, 9.17) is 44.3 Å². The van der Waals surface area contributed by atoms with Crippen LogP contribution in [0, 0.1) is 5.92 Å². The monoisotopic (exact) mass is 385 g/mol. The van der Waals surface area contributed by atoms with Gasteiger partial charge in [0.15, 0.2) is 0 Å². The molecule has 122 valence electrons. The van der Waals surface area contributed by atoms with E-state index in [2.05, 4.69) is 0 Å². The van der Waals surface area contributed by atoms with E-state index in [0.29, 0.717) is 6.54 Å². The van der Waals surface area contributed by atoms with Gasteiger partial charge in [-0.2, -0.15) is 11.3 Å². The van der Waals surface area contributed by atoms with Gasteiger partial charge >= 0.3 is 12.1 Å². The van der Waals surface area contributed by atoms with Crippen molar-refractivity contribution in [3.63, 3.8) is 0 Å². The van der Waals surface area contributed by atoms with Gasteiger partial charge in [-0.05, 0) is 22.4 Å². The molecule has 1 amide bonds. The number of thiophene rings is 1. The third kappa shape index (κ3) is 4.41. The molecule has 2 heterocycles. The first-order valence-electron chi connectivity index (χ1n) is 6.40. The Morgan fingerprint density at radius 3 is 2.68 bits per heavy atom. The molecule has 2 unspecified atom stereocenters. The van der Waals surface area contributed by atoms with Crippen LogP contribution >= 0.6 is 46.1 Å². The number of ether oxygens (including phenoxy) is 2. The van der Waals surface area contributed by atoms with Crippen molar-refractivity contribution in [1.82, 2.24) is 4.90 Å². The zero-order valence-electron chi connectivity index (χ0n) is 11.6. The van der Waals surface area contributed by atoms with E-state index in [1.165, 1.54) is 23.3 Å². The van der Waals surface area contributed by atoms with Gasteiger partial charge in [0, 0.05) is 19.0 Å². The summed E-state index contributed by atoms with van der Waals surface area (Å²) in [5.74, 6) is -0.910. The Hall–Kier alpha value is -0.690. The van der Waals surface area contributed by atoms with Gasteiger partial charge < -0.3 is 14.4 Å². The summed E-state index contributed by atoms with van der Waals surface area (Å²) in [4.78, 5) is 25.4. The maximum Gasteiger partial charge on any atom is 0.409 e. The van der Waals surface area contributed by atoms with Gasteiger partial charge in [0.25, 0.3) is 0 Å². The molecule has 0 spiro atoms. The molecular weight excluding hydrogens is 373 g/mol. The highest BCUT2D eigenvalue weighted by Gasteiger charge is 2.42. The van der Waals surface area contributed by atoms with Crippen LogP contribution in [0.5, 0.6) is 0 Å². The predicted octanol–water partition coefficient (Wildman–Crippen LogP) is 3.44. The average Bonchev–Trinajstić information content (AvgIpc) is 3.11. The lowest BCUT2D eigenvalue weighted by molar-refractivity contribution is -0.145. The lowest BCUT2D eigenvalue weighted by Gasteiger charge is -2.18. The first-order valence-corrected chi connectivity index (χ1v) is 8.48. The van der Waals surface area contributed by atoms with Crippen molar-refractivity contribution >= 4 is 58.2 Å². The number of halogens is 3. The molecular formula is C13H14Cl3NO4S. The molecule has 1 saturated heterocycles. The summed E-state index contributed by atoms with van der Waals surface area (Å²) in [6, 6.07) is 1.93. The van der Waals surface area contributed by atoms with Gasteiger partial charge in [-0.3, -0.25) is 4.79 Å². The van der Waals surface area contributed by atoms with Gasteiger partial charge in [0.1, 0.15) is 6.61 Å². The molecule has 0 aromatic carbocycles. The molecule has 1 aliphatic heterocycles. The molecule has 22 heavy (non-hydrogen) atoms. The second kappa shape index (κ2) is 7.25. The van der Waals surface area contributed by atoms with Gasteiger partial charge in [-0.25, -0.2) is 4.79 Å². The Labute approximate surface area is 147 Å². The van der Waals surface area contributed by atoms with Crippen LogP contribution in [0.4, 0.5) is 4.79 Å². The van der Waals surface area contributed by atoms with Gasteiger partial charge in [0.05, 0.1) is 13.0 Å². The van der Waals surface area contributed by atoms with E-state index < -0.39 is 15.8 Å². The van der Waals surface area contributed by atoms with Crippen LogP contribution in [-0.4, -0.2) is 47.6 Å². The summed E-state index contributed by atoms with van der Waals surface area (Å²) in [5.41, 5.74) is 0.997. The molecule has 0 aliphatic carbocycles. The summed E-state index contributed by atoms with van der Waals surface area (Å²) in [6.07, 6.45) is -0.613. The maximum absolute atomic E-state index is 12.0. The number of esters is 1. The number of carbonyl (C=O) groups is 2. The summed E-state index contributed by atoms with van der Waals surface area (Å²) >= 11 is 18.2. The molecule has 1 aromatic rings. The zero-order chi connectivity index (χ0) is 16.3. The number of likely N-dealkylation sites (tertiary alicyclic amines) is 1. The van der Waals surface area contributed by atoms with Gasteiger partial charge in [-0.1, -0.05) is 34.8 Å². The average molecular weight is 387 g/mol. The number of alkyl halides is 3. The van der Waals surface area contributed by atoms with E-state index in [0.717, 1.165) is 5.56 Å². The van der Waals surface area contributed by atoms with Crippen molar-refractivity contribution in [1.29, 1.82) is 0 Å². The summed E-state index contributed by atoms with van der Waals surface area (Å²) in [5, 5.41) is 3.88. The van der Waals surface area contributed by atoms with Crippen molar-refractivity contribution < 1.29 is 19.1 Å². The molecule has 1 fully saturated rings. The van der Waals surface area contributed by atoms with Crippen molar-refractivity contribution in [3.05, 3.63) is 22.4 Å². The fourth-order valence-corrected chi connectivity index (χ4v) is 3.29. The lowest BCUT2D eigenvalue weighted by atomic mass is 9.91. The molecule has 0 saturated carbocycles. The molecule has 0 radical (unpaired) electrons. The number of amides is 1. The molecule has 1 aliphatic rings. The van der Waals surface area contributed by atoms with Crippen molar-refractivity contribution in [2.24, 2.45) is 5.92 Å². The number of hydrogen-bond donors (Lipinski definition) is 0. The van der Waals surface area contributed by atoms with E-state index in [-0.39, 0.29) is 25.0 Å². The van der Waals surface area contributed by atoms with Crippen molar-refractivity contribution in [2.45, 2.75) is 9.71 Å². The minimum atomic E-state index is -1.66. The number of methoxy groups -OCH3 is 1. The van der Waals surface area contributed by atoms with Crippen molar-refractivity contribution in [2.75, 3.05) is 26.8 Å². The summed E-state index contributed by atoms with van der Waals surface area (Å²) < 4.78 is 8.12. The summed E-state index contributed by atoms with van der Waals surface area (Å²) in [6.45, 7) is 0.222. The van der Waals surface area contributed by atoms with Crippen molar-refractivity contribution in [3.8, 4) is 0 Å². The Balaban J connectivity index is 2.06. The minimum absolute atomic E-state index is 0.126. The van der Waals surface area contributed by atoms with Crippen LogP contribution in [0.2, 0.25) is 0 Å². The molecule has 2 atom stereocenters. The molecule has 0 bridgehead atoms. The second-order valence-electron chi connectivity index (χ2n) is 4.87. The first kappa shape index (κ1) is 17.7. The Morgan fingerprint density at radius 2 is 2.14 bits per heavy atom. The zero-order valence-corrected chi connectivity index (χ0v) is 14.7. The third-order valence-electron chi connectivity index (χ3n) is 3.41. The highest BCUT2D eigenvalue weighted by Crippen LogP contribution is 2.35. The van der Waals surface area contributed by atoms with Crippen LogP contribution in [0.1, 0.15) is 11.5 Å². The minimum Gasteiger partial charge on any atom is -0.469 e. The largest absolute Gasteiger partial charge is 0.469 e. The normalized spacial score (nSPS) is 21.7. The number of carbonyl (C=O) groups excluding carboxylic acids is 2. The van der Waals surface area contributed by atoms with E-state index in [9.17, 15) is 9.59 Å². The highest BCUT2D eigenvalue weighted by atomic mass is 35.6. The smallest absolute Gasteiger partial charge is 0.409 e. The van der Waals surface area contributed by atoms with Crippen LogP contribution in [0.25, 0.3) is 0 Å². The van der Waals surface area contributed by atoms with Crippen LogP contribution in [0.3, 0.4) is 0 Å². The maximum atomic E-state index is 12.0. The Morgan fingerprint density at radius 1 is 1.41 bits per heavy atom. The number of rotatable bonds is 3. The number of nitrogens with zero attached hydrogens (tertiary/aromatic N) is 1. The fraction of sp³-hybridized carbons (Fsp3) is 0.538. The Kier molecular flexibility index (Phi) is 5.82. The SMILES string of the molecule is COC(=O)C1CN(C(=O)OCC(Cl)(Cl)Cl)CC1c1ccsc1. The molecule has 1 aromatic heterocycles. The predicted molar refractivity (Wildman–Crippen MR) is 85.8 cm³/mol. The first-order chi connectivity index (χ1) is 10.3. The summed E-state index contributed by atoms with van der Waals surface area (Å²) in [7, 11) is 1.33. The second-order valence-corrected chi connectivity index (χ2v) is 8.16. The van der Waals surface area contributed by atoms with Crippen LogP contribution in [0.15, 0.2) is 16.8 Å².